The second kappa shape index (κ2) is 14.6. The van der Waals surface area contributed by atoms with Crippen LogP contribution in [0.5, 0.6) is 0 Å². The lowest BCUT2D eigenvalue weighted by molar-refractivity contribution is -0.135. The average Bonchev–Trinajstić information content (AvgIpc) is 3.30. The van der Waals surface area contributed by atoms with Gasteiger partial charge < -0.3 is 29.6 Å². The molecule has 3 aliphatic heterocycles. The number of halogens is 4. The Bertz CT molecular complexity index is 1880. The molecule has 0 saturated carbocycles. The van der Waals surface area contributed by atoms with E-state index in [9.17, 15) is 27.6 Å². The highest BCUT2D eigenvalue weighted by atomic mass is 35.5. The summed E-state index contributed by atoms with van der Waals surface area (Å²) in [5, 5.41) is 3.08. The third-order valence-electron chi connectivity index (χ3n) is 10.7. The molecule has 2 saturated heterocycles. The van der Waals surface area contributed by atoms with Crippen molar-refractivity contribution in [2.75, 3.05) is 49.3 Å². The molecule has 2 fully saturated rings. The zero-order valence-electron chi connectivity index (χ0n) is 29.4. The number of pyridine rings is 1. The Labute approximate surface area is 300 Å². The second-order valence-corrected chi connectivity index (χ2v) is 14.1. The van der Waals surface area contributed by atoms with E-state index in [-0.39, 0.29) is 34.6 Å². The summed E-state index contributed by atoms with van der Waals surface area (Å²) in [6.07, 6.45) is -3.25. The zero-order chi connectivity index (χ0) is 36.7. The van der Waals surface area contributed by atoms with E-state index in [1.54, 1.807) is 13.0 Å². The number of hydrogen-bond acceptors (Lipinski definition) is 6. The van der Waals surface area contributed by atoms with Crippen molar-refractivity contribution in [2.45, 2.75) is 84.0 Å². The lowest BCUT2D eigenvalue weighted by Gasteiger charge is -2.37. The van der Waals surface area contributed by atoms with Crippen LogP contribution in [0.3, 0.4) is 0 Å². The van der Waals surface area contributed by atoms with Crippen LogP contribution >= 0.6 is 11.6 Å². The molecule has 0 bridgehead atoms. The Morgan fingerprint density at radius 3 is 2.39 bits per heavy atom. The number of amides is 2. The van der Waals surface area contributed by atoms with Crippen LogP contribution in [-0.2, 0) is 26.2 Å². The smallest absolute Gasteiger partial charge is 0.381 e. The molecule has 3 aliphatic rings. The SMILES string of the molecule is CCN(c1cc(-c2ccc3c(c2)N(CCC(F)(F)F)C(=O)C32CCOCC2)c(Cl)c(C(=O)NCc2c(C)cc(C)[nH]c2=O)c1C)C1CCOCC1. The molecule has 2 aromatic carbocycles. The van der Waals surface area contributed by atoms with Gasteiger partial charge in [0.05, 0.1) is 22.4 Å². The van der Waals surface area contributed by atoms with Crippen LogP contribution in [0.15, 0.2) is 35.1 Å². The normalized spacial score (nSPS) is 17.6. The Morgan fingerprint density at radius 1 is 1.06 bits per heavy atom. The number of carbonyl (C=O) groups excluding carboxylic acids is 2. The molecule has 0 radical (unpaired) electrons. The molecular weight excluding hydrogens is 685 g/mol. The summed E-state index contributed by atoms with van der Waals surface area (Å²) in [6, 6.07) is 9.30. The Balaban J connectivity index is 1.47. The molecule has 2 amide bonds. The number of rotatable bonds is 9. The maximum Gasteiger partial charge on any atom is 0.390 e. The molecule has 13 heteroatoms. The number of aryl methyl sites for hydroxylation is 2. The highest BCUT2D eigenvalue weighted by Crippen LogP contribution is 2.50. The number of aromatic nitrogens is 1. The lowest BCUT2D eigenvalue weighted by atomic mass is 9.75. The molecular formula is C38H44ClF3N4O5. The molecule has 2 N–H and O–H groups in total. The minimum atomic E-state index is -4.45. The van der Waals surface area contributed by atoms with E-state index in [2.05, 4.69) is 15.2 Å². The van der Waals surface area contributed by atoms with Crippen molar-refractivity contribution in [3.63, 3.8) is 0 Å². The average molecular weight is 729 g/mol. The highest BCUT2D eigenvalue weighted by molar-refractivity contribution is 6.37. The number of benzene rings is 2. The topological polar surface area (TPSA) is 104 Å². The first kappa shape index (κ1) is 36.9. The van der Waals surface area contributed by atoms with E-state index in [0.29, 0.717) is 85.0 Å². The summed E-state index contributed by atoms with van der Waals surface area (Å²) in [7, 11) is 0. The number of ether oxygens (including phenoxy) is 2. The standard InChI is InChI=1S/C38H44ClF3N4O5/c1-5-45(26-8-14-50-15-9-26)30-20-27(33(39)32(24(30)4)35(48)43-21-28-22(2)18-23(3)44-34(28)47)25-6-7-29-31(19-25)46(13-10-38(40,41)42)36(49)37(29)11-16-51-17-12-37/h6-7,18-20,26H,5,8-17,21H2,1-4H3,(H,43,48)(H,44,47). The van der Waals surface area contributed by atoms with E-state index in [1.165, 1.54) is 4.90 Å². The molecule has 4 heterocycles. The monoisotopic (exact) mass is 728 g/mol. The first-order valence-corrected chi connectivity index (χ1v) is 17.9. The maximum absolute atomic E-state index is 14.1. The van der Waals surface area contributed by atoms with Gasteiger partial charge in [-0.3, -0.25) is 14.4 Å². The summed E-state index contributed by atoms with van der Waals surface area (Å²) >= 11 is 7.18. The number of hydrogen-bond donors (Lipinski definition) is 2. The number of nitrogens with one attached hydrogen (secondary N) is 2. The van der Waals surface area contributed by atoms with Gasteiger partial charge in [0, 0.05) is 80.3 Å². The van der Waals surface area contributed by atoms with Crippen molar-refractivity contribution in [1.82, 2.24) is 10.3 Å². The van der Waals surface area contributed by atoms with Gasteiger partial charge in [0.1, 0.15) is 0 Å². The van der Waals surface area contributed by atoms with Gasteiger partial charge in [-0.15, -0.1) is 0 Å². The predicted molar refractivity (Wildman–Crippen MR) is 191 cm³/mol. The number of anilines is 2. The van der Waals surface area contributed by atoms with Crippen molar-refractivity contribution in [3.8, 4) is 11.1 Å². The van der Waals surface area contributed by atoms with E-state index in [1.807, 2.05) is 45.0 Å². The summed E-state index contributed by atoms with van der Waals surface area (Å²) in [4.78, 5) is 47.1. The molecule has 0 unspecified atom stereocenters. The maximum atomic E-state index is 14.1. The van der Waals surface area contributed by atoms with Gasteiger partial charge in [-0.25, -0.2) is 0 Å². The second-order valence-electron chi connectivity index (χ2n) is 13.8. The van der Waals surface area contributed by atoms with E-state index >= 15 is 0 Å². The molecule has 0 atom stereocenters. The van der Waals surface area contributed by atoms with Gasteiger partial charge >= 0.3 is 6.18 Å². The van der Waals surface area contributed by atoms with Crippen LogP contribution in [0, 0.1) is 20.8 Å². The molecule has 1 spiro atoms. The van der Waals surface area contributed by atoms with Crippen molar-refractivity contribution in [3.05, 3.63) is 79.2 Å². The first-order chi connectivity index (χ1) is 24.3. The largest absolute Gasteiger partial charge is 0.390 e. The molecule has 0 aliphatic carbocycles. The molecule has 1 aromatic heterocycles. The van der Waals surface area contributed by atoms with Crippen molar-refractivity contribution < 1.29 is 32.2 Å². The van der Waals surface area contributed by atoms with Gasteiger partial charge in [-0.05, 0) is 93.8 Å². The van der Waals surface area contributed by atoms with Gasteiger partial charge in [-0.1, -0.05) is 23.7 Å². The van der Waals surface area contributed by atoms with Crippen LogP contribution in [0.2, 0.25) is 5.02 Å². The number of nitrogens with zero attached hydrogens (tertiary/aromatic N) is 2. The van der Waals surface area contributed by atoms with Crippen molar-refractivity contribution >= 4 is 34.8 Å². The van der Waals surface area contributed by atoms with Crippen molar-refractivity contribution in [2.24, 2.45) is 0 Å². The van der Waals surface area contributed by atoms with Crippen LogP contribution < -0.4 is 20.7 Å². The summed E-state index contributed by atoms with van der Waals surface area (Å²) < 4.78 is 51.7. The summed E-state index contributed by atoms with van der Waals surface area (Å²) in [6.45, 7) is 9.49. The number of carbonyl (C=O) groups is 2. The third kappa shape index (κ3) is 7.15. The highest BCUT2D eigenvalue weighted by Gasteiger charge is 2.52. The summed E-state index contributed by atoms with van der Waals surface area (Å²) in [5.74, 6) is -0.816. The fourth-order valence-electron chi connectivity index (χ4n) is 7.97. The molecule has 9 nitrogen and oxygen atoms in total. The summed E-state index contributed by atoms with van der Waals surface area (Å²) in [5.41, 5.74) is 4.51. The van der Waals surface area contributed by atoms with Crippen LogP contribution in [0.1, 0.15) is 77.3 Å². The molecule has 3 aromatic rings. The fourth-order valence-corrected chi connectivity index (χ4v) is 8.36. The van der Waals surface area contributed by atoms with Gasteiger partial charge in [0.2, 0.25) is 5.91 Å². The van der Waals surface area contributed by atoms with E-state index < -0.39 is 30.5 Å². The number of fused-ring (bicyclic) bond motifs is 2. The lowest BCUT2D eigenvalue weighted by Crippen LogP contribution is -2.44. The van der Waals surface area contributed by atoms with Gasteiger partial charge in [-0.2, -0.15) is 13.2 Å². The van der Waals surface area contributed by atoms with Crippen LogP contribution in [0.4, 0.5) is 24.5 Å². The first-order valence-electron chi connectivity index (χ1n) is 17.5. The third-order valence-corrected chi connectivity index (χ3v) is 11.1. The number of H-pyrrole nitrogens is 1. The molecule has 51 heavy (non-hydrogen) atoms. The van der Waals surface area contributed by atoms with Crippen molar-refractivity contribution in [1.29, 1.82) is 0 Å². The fraction of sp³-hybridized carbons (Fsp3) is 0.500. The quantitative estimate of drug-likeness (QED) is 0.249. The number of alkyl halides is 3. The Hall–Kier alpha value is -3.87. The number of aromatic amines is 1. The Morgan fingerprint density at radius 2 is 1.75 bits per heavy atom. The predicted octanol–water partition coefficient (Wildman–Crippen LogP) is 6.90. The Kier molecular flexibility index (Phi) is 10.6. The minimum absolute atomic E-state index is 0.0199. The molecule has 6 rings (SSSR count). The van der Waals surface area contributed by atoms with Gasteiger partial charge in [0.25, 0.3) is 11.5 Å². The van der Waals surface area contributed by atoms with Crippen LogP contribution in [0.25, 0.3) is 11.1 Å². The zero-order valence-corrected chi connectivity index (χ0v) is 30.2. The van der Waals surface area contributed by atoms with E-state index in [0.717, 1.165) is 24.1 Å². The minimum Gasteiger partial charge on any atom is -0.381 e. The van der Waals surface area contributed by atoms with Gasteiger partial charge in [0.15, 0.2) is 0 Å². The van der Waals surface area contributed by atoms with E-state index in [4.69, 9.17) is 21.1 Å². The van der Waals surface area contributed by atoms with Crippen LogP contribution in [-0.4, -0.2) is 68.5 Å². The molecule has 274 valence electrons.